The molecule has 0 saturated heterocycles. The molecule has 0 aliphatic rings. The maximum absolute atomic E-state index is 10.5. The molecule has 3 rings (SSSR count). The van der Waals surface area contributed by atoms with Crippen LogP contribution in [-0.2, 0) is 0 Å². The third-order valence-corrected chi connectivity index (χ3v) is 9.03. The Balaban J connectivity index is 1.87. The zero-order valence-corrected chi connectivity index (χ0v) is 17.0. The Hall–Kier alpha value is 0.279. The van der Waals surface area contributed by atoms with Gasteiger partial charge >= 0.3 is 154 Å². The van der Waals surface area contributed by atoms with Crippen molar-refractivity contribution in [3.8, 4) is 0 Å². The van der Waals surface area contributed by atoms with Gasteiger partial charge < -0.3 is 0 Å². The van der Waals surface area contributed by atoms with Crippen molar-refractivity contribution in [3.63, 3.8) is 0 Å². The summed E-state index contributed by atoms with van der Waals surface area (Å²) < 4.78 is 3.87. The summed E-state index contributed by atoms with van der Waals surface area (Å²) >= 11 is 10.0. The summed E-state index contributed by atoms with van der Waals surface area (Å²) in [4.78, 5) is 0. The fraction of sp³-hybridized carbons (Fsp3) is 0.143. The number of rotatable bonds is 4. The first-order valence-corrected chi connectivity index (χ1v) is 11.1. The molecule has 7 heteroatoms. The van der Waals surface area contributed by atoms with Crippen LogP contribution in [0.5, 0.6) is 0 Å². The van der Waals surface area contributed by atoms with Gasteiger partial charge in [0.15, 0.2) is 0 Å². The van der Waals surface area contributed by atoms with Crippen molar-refractivity contribution >= 4 is 69.0 Å². The molecule has 3 heterocycles. The van der Waals surface area contributed by atoms with Gasteiger partial charge in [-0.15, -0.1) is 0 Å². The van der Waals surface area contributed by atoms with Crippen LogP contribution in [0.15, 0.2) is 42.6 Å². The Morgan fingerprint density at radius 3 is 1.57 bits per heavy atom. The summed E-state index contributed by atoms with van der Waals surface area (Å²) in [5, 5.41) is 24.9. The molecule has 21 heavy (non-hydrogen) atoms. The first-order valence-electron chi connectivity index (χ1n) is 5.99. The SMILES string of the molecule is OC(c1ccc(C(O)c2ccsc2Br)[se]1)c1ccsc1Br. The van der Waals surface area contributed by atoms with Crippen LogP contribution in [0.1, 0.15) is 32.2 Å². The maximum atomic E-state index is 10.5. The molecule has 110 valence electrons. The number of hydrogen-bond donors (Lipinski definition) is 2. The van der Waals surface area contributed by atoms with Crippen LogP contribution < -0.4 is 0 Å². The summed E-state index contributed by atoms with van der Waals surface area (Å²) in [6, 6.07) is 7.74. The minimum absolute atomic E-state index is 0.0401. The van der Waals surface area contributed by atoms with Gasteiger partial charge in [0.05, 0.1) is 0 Å². The molecule has 0 aliphatic carbocycles. The van der Waals surface area contributed by atoms with Crippen molar-refractivity contribution in [1.29, 1.82) is 0 Å². The van der Waals surface area contributed by atoms with Crippen molar-refractivity contribution in [3.05, 3.63) is 62.6 Å². The number of aliphatic hydroxyl groups is 2. The molecule has 0 spiro atoms. The van der Waals surface area contributed by atoms with E-state index in [1.807, 2.05) is 35.0 Å². The van der Waals surface area contributed by atoms with Gasteiger partial charge in [0, 0.05) is 0 Å². The van der Waals surface area contributed by atoms with E-state index < -0.39 is 12.2 Å². The molecule has 3 aromatic rings. The zero-order chi connectivity index (χ0) is 15.0. The van der Waals surface area contributed by atoms with E-state index in [-0.39, 0.29) is 14.5 Å². The van der Waals surface area contributed by atoms with Crippen molar-refractivity contribution < 1.29 is 10.2 Å². The third-order valence-electron chi connectivity index (χ3n) is 3.07. The first-order chi connectivity index (χ1) is 10.1. The van der Waals surface area contributed by atoms with Crippen molar-refractivity contribution in [2.75, 3.05) is 0 Å². The summed E-state index contributed by atoms with van der Waals surface area (Å²) in [7, 11) is 0. The molecule has 2 atom stereocenters. The number of thiophene rings is 2. The molecule has 0 saturated carbocycles. The Morgan fingerprint density at radius 1 is 0.810 bits per heavy atom. The standard InChI is InChI=1S/C14H10Br2O2S2Se/c15-13-7(3-5-19-13)11(17)9-1-2-10(21-9)12(18)8-4-6-20-14(8)16/h1-6,11-12,17-18H. The van der Waals surface area contributed by atoms with E-state index in [0.29, 0.717) is 0 Å². The van der Waals surface area contributed by atoms with E-state index in [4.69, 9.17) is 0 Å². The van der Waals surface area contributed by atoms with Crippen molar-refractivity contribution in [2.45, 2.75) is 12.2 Å². The molecule has 2 N–H and O–H groups in total. The monoisotopic (exact) mass is 512 g/mol. The van der Waals surface area contributed by atoms with E-state index >= 15 is 0 Å². The van der Waals surface area contributed by atoms with Gasteiger partial charge in [-0.3, -0.25) is 0 Å². The molecule has 0 aromatic carbocycles. The van der Waals surface area contributed by atoms with Gasteiger partial charge in [0.1, 0.15) is 0 Å². The number of halogens is 2. The van der Waals surface area contributed by atoms with Crippen LogP contribution in [0.3, 0.4) is 0 Å². The second-order valence-corrected chi connectivity index (χ2v) is 11.2. The van der Waals surface area contributed by atoms with E-state index in [9.17, 15) is 10.2 Å². The van der Waals surface area contributed by atoms with Crippen molar-refractivity contribution in [2.24, 2.45) is 0 Å². The van der Waals surface area contributed by atoms with Gasteiger partial charge in [-0.25, -0.2) is 0 Å². The fourth-order valence-corrected chi connectivity index (χ4v) is 6.76. The minimum atomic E-state index is -0.600. The van der Waals surface area contributed by atoms with Gasteiger partial charge in [-0.2, -0.15) is 0 Å². The molecule has 2 nitrogen and oxygen atoms in total. The fourth-order valence-electron chi connectivity index (χ4n) is 1.97. The van der Waals surface area contributed by atoms with Crippen LogP contribution in [-0.4, -0.2) is 24.7 Å². The molecular weight excluding hydrogens is 503 g/mol. The molecule has 2 unspecified atom stereocenters. The Bertz CT molecular complexity index is 689. The molecule has 3 aromatic heterocycles. The van der Waals surface area contributed by atoms with E-state index in [2.05, 4.69) is 31.9 Å². The summed E-state index contributed by atoms with van der Waals surface area (Å²) in [6.07, 6.45) is -1.20. The number of aliphatic hydroxyl groups excluding tert-OH is 2. The van der Waals surface area contributed by atoms with Crippen molar-refractivity contribution in [1.82, 2.24) is 0 Å². The molecular formula is C14H10Br2O2S2Se. The van der Waals surface area contributed by atoms with E-state index in [1.165, 1.54) is 0 Å². The Morgan fingerprint density at radius 2 is 1.24 bits per heavy atom. The zero-order valence-electron chi connectivity index (χ0n) is 10.5. The molecule has 0 fully saturated rings. The molecule has 0 aliphatic heterocycles. The van der Waals surface area contributed by atoms with Crippen LogP contribution in [0, 0.1) is 0 Å². The van der Waals surface area contributed by atoms with Gasteiger partial charge in [-0.1, -0.05) is 0 Å². The van der Waals surface area contributed by atoms with Crippen LogP contribution in [0.4, 0.5) is 0 Å². The molecule has 0 bridgehead atoms. The van der Waals surface area contributed by atoms with Gasteiger partial charge in [0.25, 0.3) is 0 Å². The quantitative estimate of drug-likeness (QED) is 0.503. The second-order valence-electron chi connectivity index (χ2n) is 4.34. The average molecular weight is 513 g/mol. The van der Waals surface area contributed by atoms with E-state index in [0.717, 1.165) is 27.6 Å². The summed E-state index contributed by atoms with van der Waals surface area (Å²) in [6.45, 7) is 0. The predicted molar refractivity (Wildman–Crippen MR) is 95.5 cm³/mol. The summed E-state index contributed by atoms with van der Waals surface area (Å²) in [5.74, 6) is 0. The average Bonchev–Trinajstić information content (AvgIpc) is 3.17. The third kappa shape index (κ3) is 3.31. The van der Waals surface area contributed by atoms with Crippen LogP contribution in [0.2, 0.25) is 0 Å². The van der Waals surface area contributed by atoms with Gasteiger partial charge in [0.2, 0.25) is 0 Å². The predicted octanol–water partition coefficient (Wildman–Crippen LogP) is 4.56. The summed E-state index contributed by atoms with van der Waals surface area (Å²) in [5.41, 5.74) is 1.79. The van der Waals surface area contributed by atoms with Crippen LogP contribution >= 0.6 is 54.5 Å². The Kier molecular flexibility index (Phi) is 5.23. The number of hydrogen-bond acceptors (Lipinski definition) is 4. The second kappa shape index (κ2) is 6.81. The van der Waals surface area contributed by atoms with E-state index in [1.54, 1.807) is 22.7 Å². The molecule has 0 radical (unpaired) electrons. The van der Waals surface area contributed by atoms with Gasteiger partial charge in [-0.05, 0) is 0 Å². The molecule has 0 amide bonds. The first kappa shape index (κ1) is 16.1. The normalized spacial score (nSPS) is 14.3. The topological polar surface area (TPSA) is 40.5 Å². The Labute approximate surface area is 153 Å². The van der Waals surface area contributed by atoms with Crippen LogP contribution in [0.25, 0.3) is 0 Å².